The number of halogens is 1. The van der Waals surface area contributed by atoms with Crippen molar-refractivity contribution in [3.63, 3.8) is 0 Å². The Balaban J connectivity index is 2.09. The van der Waals surface area contributed by atoms with Gasteiger partial charge in [-0.2, -0.15) is 15.0 Å². The van der Waals surface area contributed by atoms with Crippen molar-refractivity contribution in [2.75, 3.05) is 6.61 Å². The van der Waals surface area contributed by atoms with Gasteiger partial charge in [-0.25, -0.2) is 0 Å². The first kappa shape index (κ1) is 11.9. The lowest BCUT2D eigenvalue weighted by molar-refractivity contribution is 0.311. The normalized spacial score (nSPS) is 10.8. The highest BCUT2D eigenvalue weighted by molar-refractivity contribution is 6.28. The number of para-hydroxylation sites is 1. The second kappa shape index (κ2) is 4.85. The Kier molecular flexibility index (Phi) is 3.05. The lowest BCUT2D eigenvalue weighted by atomic mass is 10.2. The van der Waals surface area contributed by atoms with Gasteiger partial charge in [0.25, 0.3) is 0 Å². The van der Waals surface area contributed by atoms with Gasteiger partial charge in [-0.3, -0.25) is 0 Å². The summed E-state index contributed by atoms with van der Waals surface area (Å²) in [6, 6.07) is 9.73. The second-order valence-corrected chi connectivity index (χ2v) is 4.13. The van der Waals surface area contributed by atoms with Crippen LogP contribution >= 0.6 is 11.6 Å². The van der Waals surface area contributed by atoms with Crippen LogP contribution in [0.1, 0.15) is 6.92 Å². The van der Waals surface area contributed by atoms with E-state index in [1.54, 1.807) is 0 Å². The van der Waals surface area contributed by atoms with Crippen LogP contribution in [-0.2, 0) is 0 Å². The largest absolute Gasteiger partial charge is 0.464 e. The van der Waals surface area contributed by atoms with Crippen LogP contribution < -0.4 is 4.74 Å². The van der Waals surface area contributed by atoms with E-state index in [4.69, 9.17) is 20.8 Å². The van der Waals surface area contributed by atoms with Crippen LogP contribution in [0.25, 0.3) is 22.6 Å². The first-order valence-corrected chi connectivity index (χ1v) is 6.17. The van der Waals surface area contributed by atoms with Gasteiger partial charge in [0.05, 0.1) is 6.61 Å². The van der Waals surface area contributed by atoms with Gasteiger partial charge in [0.15, 0.2) is 5.76 Å². The number of furan rings is 1. The Morgan fingerprint density at radius 2 is 2.05 bits per heavy atom. The molecule has 0 N–H and O–H groups in total. The first-order valence-electron chi connectivity index (χ1n) is 5.79. The molecule has 5 nitrogen and oxygen atoms in total. The van der Waals surface area contributed by atoms with Gasteiger partial charge < -0.3 is 9.15 Å². The zero-order valence-electron chi connectivity index (χ0n) is 10.1. The monoisotopic (exact) mass is 275 g/mol. The van der Waals surface area contributed by atoms with Crippen molar-refractivity contribution < 1.29 is 9.15 Å². The summed E-state index contributed by atoms with van der Waals surface area (Å²) in [5, 5.41) is 1.06. The zero-order valence-corrected chi connectivity index (χ0v) is 10.9. The number of benzene rings is 1. The molecule has 0 bridgehead atoms. The SMILES string of the molecule is CCOc1nc(Cl)nc(-c2cc3ccccc3o2)n1. The molecular weight excluding hydrogens is 266 g/mol. The highest BCUT2D eigenvalue weighted by atomic mass is 35.5. The van der Waals surface area contributed by atoms with E-state index in [9.17, 15) is 0 Å². The van der Waals surface area contributed by atoms with Gasteiger partial charge in [0.1, 0.15) is 5.58 Å². The topological polar surface area (TPSA) is 61.0 Å². The molecule has 3 rings (SSSR count). The van der Waals surface area contributed by atoms with Crippen LogP contribution in [0.2, 0.25) is 5.28 Å². The standard InChI is InChI=1S/C13H10ClN3O2/c1-2-18-13-16-11(15-12(14)17-13)10-7-8-5-3-4-6-9(8)19-10/h3-7H,2H2,1H3. The Labute approximate surface area is 114 Å². The Morgan fingerprint density at radius 1 is 1.21 bits per heavy atom. The van der Waals surface area contributed by atoms with Gasteiger partial charge in [0, 0.05) is 5.39 Å². The van der Waals surface area contributed by atoms with Crippen LogP contribution in [0.3, 0.4) is 0 Å². The minimum Gasteiger partial charge on any atom is -0.464 e. The number of ether oxygens (including phenoxy) is 1. The van der Waals surface area contributed by atoms with E-state index in [2.05, 4.69) is 15.0 Å². The average molecular weight is 276 g/mol. The van der Waals surface area contributed by atoms with Crippen molar-refractivity contribution in [3.8, 4) is 17.6 Å². The van der Waals surface area contributed by atoms with Gasteiger partial charge >= 0.3 is 6.01 Å². The summed E-state index contributed by atoms with van der Waals surface area (Å²) in [5.41, 5.74) is 0.770. The van der Waals surface area contributed by atoms with E-state index in [0.717, 1.165) is 11.0 Å². The number of nitrogens with zero attached hydrogens (tertiary/aromatic N) is 3. The van der Waals surface area contributed by atoms with E-state index < -0.39 is 0 Å². The Morgan fingerprint density at radius 3 is 2.84 bits per heavy atom. The predicted octanol–water partition coefficient (Wildman–Crippen LogP) is 3.34. The quantitative estimate of drug-likeness (QED) is 0.734. The molecule has 0 fully saturated rings. The van der Waals surface area contributed by atoms with Gasteiger partial charge in [-0.15, -0.1) is 0 Å². The number of aromatic nitrogens is 3. The lowest BCUT2D eigenvalue weighted by Crippen LogP contribution is -2.00. The molecule has 0 atom stereocenters. The molecule has 0 saturated carbocycles. The molecule has 1 aromatic carbocycles. The molecule has 6 heteroatoms. The molecule has 19 heavy (non-hydrogen) atoms. The van der Waals surface area contributed by atoms with E-state index in [0.29, 0.717) is 18.2 Å². The highest BCUT2D eigenvalue weighted by Crippen LogP contribution is 2.26. The maximum Gasteiger partial charge on any atom is 0.321 e. The zero-order chi connectivity index (χ0) is 13.2. The number of hydrogen-bond acceptors (Lipinski definition) is 5. The van der Waals surface area contributed by atoms with Crippen LogP contribution in [0.15, 0.2) is 34.7 Å². The molecule has 0 saturated heterocycles. The summed E-state index contributed by atoms with van der Waals surface area (Å²) in [5.74, 6) is 0.895. The predicted molar refractivity (Wildman–Crippen MR) is 71.2 cm³/mol. The molecule has 0 aliphatic carbocycles. The third-order valence-corrected chi connectivity index (χ3v) is 2.68. The third kappa shape index (κ3) is 2.37. The van der Waals surface area contributed by atoms with E-state index in [1.807, 2.05) is 37.3 Å². The lowest BCUT2D eigenvalue weighted by Gasteiger charge is -2.02. The van der Waals surface area contributed by atoms with Crippen molar-refractivity contribution in [2.24, 2.45) is 0 Å². The van der Waals surface area contributed by atoms with E-state index >= 15 is 0 Å². The number of rotatable bonds is 3. The van der Waals surface area contributed by atoms with Crippen LogP contribution in [0.5, 0.6) is 6.01 Å². The summed E-state index contributed by atoms with van der Waals surface area (Å²) in [6.45, 7) is 2.30. The molecule has 0 aliphatic rings. The van der Waals surface area contributed by atoms with Crippen LogP contribution in [0.4, 0.5) is 0 Å². The third-order valence-electron chi connectivity index (χ3n) is 2.51. The molecule has 2 heterocycles. The minimum atomic E-state index is 0.0777. The number of hydrogen-bond donors (Lipinski definition) is 0. The van der Waals surface area contributed by atoms with Gasteiger partial charge in [-0.1, -0.05) is 18.2 Å². The molecule has 0 amide bonds. The van der Waals surface area contributed by atoms with Crippen molar-refractivity contribution in [1.82, 2.24) is 15.0 Å². The van der Waals surface area contributed by atoms with E-state index in [-0.39, 0.29) is 11.3 Å². The smallest absolute Gasteiger partial charge is 0.321 e. The van der Waals surface area contributed by atoms with E-state index in [1.165, 1.54) is 0 Å². The van der Waals surface area contributed by atoms with Crippen LogP contribution in [0, 0.1) is 0 Å². The van der Waals surface area contributed by atoms with Crippen molar-refractivity contribution in [1.29, 1.82) is 0 Å². The molecule has 0 aliphatic heterocycles. The highest BCUT2D eigenvalue weighted by Gasteiger charge is 2.12. The summed E-state index contributed by atoms with van der Waals surface area (Å²) in [4.78, 5) is 12.1. The number of fused-ring (bicyclic) bond motifs is 1. The van der Waals surface area contributed by atoms with Gasteiger partial charge in [0.2, 0.25) is 11.1 Å². The molecule has 3 aromatic rings. The summed E-state index contributed by atoms with van der Waals surface area (Å²) in [7, 11) is 0. The van der Waals surface area contributed by atoms with Crippen molar-refractivity contribution >= 4 is 22.6 Å². The average Bonchev–Trinajstić information content (AvgIpc) is 2.82. The fourth-order valence-electron chi connectivity index (χ4n) is 1.73. The van der Waals surface area contributed by atoms with Crippen molar-refractivity contribution in [3.05, 3.63) is 35.6 Å². The van der Waals surface area contributed by atoms with Crippen LogP contribution in [-0.4, -0.2) is 21.6 Å². The first-order chi connectivity index (χ1) is 9.26. The Hall–Kier alpha value is -2.14. The molecule has 0 spiro atoms. The maximum atomic E-state index is 5.85. The molecule has 0 unspecified atom stereocenters. The summed E-state index contributed by atoms with van der Waals surface area (Å²) < 4.78 is 10.9. The molecule has 96 valence electrons. The fraction of sp³-hybridized carbons (Fsp3) is 0.154. The van der Waals surface area contributed by atoms with Crippen molar-refractivity contribution in [2.45, 2.75) is 6.92 Å². The molecule has 0 radical (unpaired) electrons. The second-order valence-electron chi connectivity index (χ2n) is 3.79. The maximum absolute atomic E-state index is 5.85. The Bertz CT molecular complexity index is 694. The minimum absolute atomic E-state index is 0.0777. The molecule has 2 aromatic heterocycles. The summed E-state index contributed by atoms with van der Waals surface area (Å²) >= 11 is 5.85. The summed E-state index contributed by atoms with van der Waals surface area (Å²) in [6.07, 6.45) is 0. The fourth-order valence-corrected chi connectivity index (χ4v) is 1.88. The van der Waals surface area contributed by atoms with Gasteiger partial charge in [-0.05, 0) is 30.7 Å². The molecular formula is C13H10ClN3O2.